The van der Waals surface area contributed by atoms with Gasteiger partial charge in [0.05, 0.1) is 5.41 Å². The summed E-state index contributed by atoms with van der Waals surface area (Å²) in [5, 5.41) is 0. The number of rotatable bonds is 5. The van der Waals surface area contributed by atoms with Crippen LogP contribution in [0.5, 0.6) is 0 Å². The van der Waals surface area contributed by atoms with Crippen molar-refractivity contribution in [3.63, 3.8) is 0 Å². The lowest BCUT2D eigenvalue weighted by molar-refractivity contribution is 0.625. The lowest BCUT2D eigenvalue weighted by Gasteiger charge is -2.34. The topological polar surface area (TPSA) is 38.7 Å². The molecule has 6 aromatic carbocycles. The lowest BCUT2D eigenvalue weighted by Crippen LogP contribution is -2.28. The molecule has 0 spiro atoms. The first-order valence-corrected chi connectivity index (χ1v) is 14.6. The number of fused-ring (bicyclic) bond motifs is 3. The van der Waals surface area contributed by atoms with Gasteiger partial charge in [0.1, 0.15) is 5.82 Å². The third-order valence-corrected chi connectivity index (χ3v) is 8.49. The number of hydrogen-bond acceptors (Lipinski definition) is 3. The third-order valence-electron chi connectivity index (χ3n) is 8.49. The summed E-state index contributed by atoms with van der Waals surface area (Å²) < 4.78 is 14.3. The fraction of sp³-hybridized carbons (Fsp3) is 0.0250. The van der Waals surface area contributed by atoms with Gasteiger partial charge in [-0.05, 0) is 51.6 Å². The standard InChI is InChI=1S/C40H26FN3/c41-32-23-21-31(22-24-32)40(30-16-8-3-9-17-30)35-19-11-10-18-33(35)34-25-20-29(26-36(34)40)39-43-37(27-12-4-1-5-13-27)42-38(44-39)28-14-6-2-7-15-28/h1-26H. The monoisotopic (exact) mass is 567 g/mol. The van der Waals surface area contributed by atoms with Crippen LogP contribution in [0.2, 0.25) is 0 Å². The Balaban J connectivity index is 1.41. The summed E-state index contributed by atoms with van der Waals surface area (Å²) >= 11 is 0. The van der Waals surface area contributed by atoms with Crippen LogP contribution in [-0.2, 0) is 5.41 Å². The fourth-order valence-corrected chi connectivity index (χ4v) is 6.53. The molecule has 7 aromatic rings. The molecule has 0 amide bonds. The molecule has 44 heavy (non-hydrogen) atoms. The Labute approximate surface area is 255 Å². The second-order valence-electron chi connectivity index (χ2n) is 11.0. The molecule has 1 aliphatic rings. The van der Waals surface area contributed by atoms with Gasteiger partial charge in [-0.2, -0.15) is 0 Å². The van der Waals surface area contributed by atoms with Crippen LogP contribution in [0.15, 0.2) is 158 Å². The van der Waals surface area contributed by atoms with E-state index in [4.69, 9.17) is 15.0 Å². The number of benzene rings is 6. The smallest absolute Gasteiger partial charge is 0.164 e. The predicted octanol–water partition coefficient (Wildman–Crippen LogP) is 9.37. The van der Waals surface area contributed by atoms with Crippen molar-refractivity contribution in [1.29, 1.82) is 0 Å². The van der Waals surface area contributed by atoms with Crippen molar-refractivity contribution in [3.05, 3.63) is 186 Å². The molecule has 3 nitrogen and oxygen atoms in total. The van der Waals surface area contributed by atoms with Crippen LogP contribution in [0.3, 0.4) is 0 Å². The maximum Gasteiger partial charge on any atom is 0.164 e. The van der Waals surface area contributed by atoms with E-state index >= 15 is 0 Å². The molecule has 1 aromatic heterocycles. The van der Waals surface area contributed by atoms with Crippen LogP contribution in [0.1, 0.15) is 22.3 Å². The molecule has 4 heteroatoms. The number of nitrogens with zero attached hydrogens (tertiary/aromatic N) is 3. The number of aromatic nitrogens is 3. The molecule has 0 saturated carbocycles. The second kappa shape index (κ2) is 10.5. The zero-order chi connectivity index (χ0) is 29.5. The van der Waals surface area contributed by atoms with Gasteiger partial charge in [-0.25, -0.2) is 19.3 Å². The summed E-state index contributed by atoms with van der Waals surface area (Å²) in [5.41, 5.74) is 8.75. The Morgan fingerprint density at radius 1 is 0.386 bits per heavy atom. The van der Waals surface area contributed by atoms with E-state index in [1.807, 2.05) is 78.9 Å². The highest BCUT2D eigenvalue weighted by Crippen LogP contribution is 2.56. The molecule has 8 rings (SSSR count). The van der Waals surface area contributed by atoms with Crippen molar-refractivity contribution >= 4 is 0 Å². The van der Waals surface area contributed by atoms with Gasteiger partial charge in [-0.1, -0.05) is 140 Å². The first-order chi connectivity index (χ1) is 21.7. The first-order valence-electron chi connectivity index (χ1n) is 14.6. The van der Waals surface area contributed by atoms with Crippen LogP contribution in [0.25, 0.3) is 45.3 Å². The Kier molecular flexibility index (Phi) is 6.20. The predicted molar refractivity (Wildman–Crippen MR) is 173 cm³/mol. The minimum absolute atomic E-state index is 0.260. The Bertz CT molecular complexity index is 2050. The molecule has 1 aliphatic carbocycles. The minimum Gasteiger partial charge on any atom is -0.208 e. The van der Waals surface area contributed by atoms with Gasteiger partial charge >= 0.3 is 0 Å². The highest BCUT2D eigenvalue weighted by atomic mass is 19.1. The van der Waals surface area contributed by atoms with E-state index < -0.39 is 5.41 Å². The molecule has 0 N–H and O–H groups in total. The highest BCUT2D eigenvalue weighted by molar-refractivity contribution is 5.88. The SMILES string of the molecule is Fc1ccc(C2(c3ccccc3)c3ccccc3-c3ccc(-c4nc(-c5ccccc5)nc(-c5ccccc5)n4)cc32)cc1. The van der Waals surface area contributed by atoms with Gasteiger partial charge in [0.2, 0.25) is 0 Å². The summed E-state index contributed by atoms with van der Waals surface area (Å²) in [7, 11) is 0. The van der Waals surface area contributed by atoms with Gasteiger partial charge in [-0.3, -0.25) is 0 Å². The third kappa shape index (κ3) is 4.15. The molecule has 1 unspecified atom stereocenters. The first kappa shape index (κ1) is 25.9. The van der Waals surface area contributed by atoms with E-state index in [1.54, 1.807) is 12.1 Å². The lowest BCUT2D eigenvalue weighted by atomic mass is 9.67. The zero-order valence-corrected chi connectivity index (χ0v) is 23.7. The van der Waals surface area contributed by atoms with E-state index in [-0.39, 0.29) is 5.82 Å². The molecule has 0 saturated heterocycles. The van der Waals surface area contributed by atoms with Crippen molar-refractivity contribution in [2.75, 3.05) is 0 Å². The van der Waals surface area contributed by atoms with E-state index in [1.165, 1.54) is 0 Å². The van der Waals surface area contributed by atoms with Crippen molar-refractivity contribution in [1.82, 2.24) is 15.0 Å². The summed E-state index contributed by atoms with van der Waals surface area (Å²) in [6.07, 6.45) is 0. The Morgan fingerprint density at radius 2 is 0.864 bits per heavy atom. The molecular weight excluding hydrogens is 541 g/mol. The number of halogens is 1. The Hall–Kier alpha value is -5.74. The average molecular weight is 568 g/mol. The molecule has 208 valence electrons. The maximum atomic E-state index is 14.3. The molecule has 1 atom stereocenters. The molecule has 0 fully saturated rings. The van der Waals surface area contributed by atoms with Crippen molar-refractivity contribution in [3.8, 4) is 45.3 Å². The summed E-state index contributed by atoms with van der Waals surface area (Å²) in [5.74, 6) is 1.57. The quantitative estimate of drug-likeness (QED) is 0.208. The highest BCUT2D eigenvalue weighted by Gasteiger charge is 2.46. The van der Waals surface area contributed by atoms with E-state index in [2.05, 4.69) is 66.7 Å². The van der Waals surface area contributed by atoms with E-state index in [0.29, 0.717) is 17.5 Å². The number of hydrogen-bond donors (Lipinski definition) is 0. The normalized spacial score (nSPS) is 15.0. The average Bonchev–Trinajstić information content (AvgIpc) is 3.40. The van der Waals surface area contributed by atoms with Crippen LogP contribution >= 0.6 is 0 Å². The van der Waals surface area contributed by atoms with Crippen LogP contribution in [0, 0.1) is 5.82 Å². The van der Waals surface area contributed by atoms with E-state index in [9.17, 15) is 4.39 Å². The van der Waals surface area contributed by atoms with Crippen LogP contribution in [-0.4, -0.2) is 15.0 Å². The molecule has 0 bridgehead atoms. The fourth-order valence-electron chi connectivity index (χ4n) is 6.53. The van der Waals surface area contributed by atoms with Crippen molar-refractivity contribution in [2.45, 2.75) is 5.41 Å². The van der Waals surface area contributed by atoms with Crippen molar-refractivity contribution in [2.24, 2.45) is 0 Å². The van der Waals surface area contributed by atoms with Gasteiger partial charge < -0.3 is 0 Å². The second-order valence-corrected chi connectivity index (χ2v) is 11.0. The minimum atomic E-state index is -0.658. The van der Waals surface area contributed by atoms with Gasteiger partial charge in [0, 0.05) is 16.7 Å². The summed E-state index contributed by atoms with van der Waals surface area (Å²) in [6.45, 7) is 0. The zero-order valence-electron chi connectivity index (χ0n) is 23.7. The maximum absolute atomic E-state index is 14.3. The van der Waals surface area contributed by atoms with Crippen LogP contribution < -0.4 is 0 Å². The van der Waals surface area contributed by atoms with Gasteiger partial charge in [-0.15, -0.1) is 0 Å². The van der Waals surface area contributed by atoms with Crippen molar-refractivity contribution < 1.29 is 4.39 Å². The van der Waals surface area contributed by atoms with Crippen LogP contribution in [0.4, 0.5) is 4.39 Å². The van der Waals surface area contributed by atoms with E-state index in [0.717, 1.165) is 50.1 Å². The summed E-state index contributed by atoms with van der Waals surface area (Å²) in [6, 6.07) is 52.4. The largest absolute Gasteiger partial charge is 0.208 e. The molecule has 0 aliphatic heterocycles. The van der Waals surface area contributed by atoms with Gasteiger partial charge in [0.25, 0.3) is 0 Å². The Morgan fingerprint density at radius 3 is 1.48 bits per heavy atom. The molecule has 0 radical (unpaired) electrons. The molecule has 1 heterocycles. The van der Waals surface area contributed by atoms with Gasteiger partial charge in [0.15, 0.2) is 17.5 Å². The summed E-state index contributed by atoms with van der Waals surface area (Å²) in [4.78, 5) is 14.9. The molecular formula is C40H26FN3.